The summed E-state index contributed by atoms with van der Waals surface area (Å²) in [5.41, 5.74) is 1.98. The third-order valence-corrected chi connectivity index (χ3v) is 2.09. The van der Waals surface area contributed by atoms with Crippen molar-refractivity contribution in [2.24, 2.45) is 0 Å². The Kier molecular flexibility index (Phi) is 3.69. The molecule has 0 unspecified atom stereocenters. The van der Waals surface area contributed by atoms with E-state index in [2.05, 4.69) is 0 Å². The van der Waals surface area contributed by atoms with E-state index in [9.17, 15) is 4.79 Å². The molecule has 0 bridgehead atoms. The summed E-state index contributed by atoms with van der Waals surface area (Å²) < 4.78 is 1.65. The minimum atomic E-state index is 0. The highest BCUT2D eigenvalue weighted by Gasteiger charge is 1.97. The van der Waals surface area contributed by atoms with Crippen molar-refractivity contribution in [2.75, 3.05) is 0 Å². The number of halogens is 1. The van der Waals surface area contributed by atoms with Crippen LogP contribution in [0.15, 0.2) is 53.5 Å². The second-order valence-corrected chi connectivity index (χ2v) is 3.25. The van der Waals surface area contributed by atoms with E-state index in [0.29, 0.717) is 0 Å². The number of aryl methyl sites for hydroxylation is 1. The van der Waals surface area contributed by atoms with Crippen LogP contribution in [-0.4, -0.2) is 4.57 Å². The molecule has 0 N–H and O–H groups in total. The van der Waals surface area contributed by atoms with Crippen LogP contribution in [-0.2, 0) is 0 Å². The van der Waals surface area contributed by atoms with Crippen molar-refractivity contribution < 1.29 is 0 Å². The van der Waals surface area contributed by atoms with E-state index in [1.165, 1.54) is 0 Å². The quantitative estimate of drug-likeness (QED) is 0.726. The zero-order chi connectivity index (χ0) is 9.97. The number of hydrogen-bond acceptors (Lipinski definition) is 1. The first-order valence-corrected chi connectivity index (χ1v) is 4.52. The van der Waals surface area contributed by atoms with Crippen molar-refractivity contribution in [1.29, 1.82) is 0 Å². The lowest BCUT2D eigenvalue weighted by atomic mass is 10.3. The Labute approximate surface area is 94.6 Å². The molecule has 15 heavy (non-hydrogen) atoms. The maximum atomic E-state index is 11.5. The van der Waals surface area contributed by atoms with Gasteiger partial charge in [-0.25, -0.2) is 0 Å². The van der Waals surface area contributed by atoms with Crippen LogP contribution < -0.4 is 5.56 Å². The van der Waals surface area contributed by atoms with Gasteiger partial charge >= 0.3 is 0 Å². The molecule has 0 aliphatic carbocycles. The zero-order valence-electron chi connectivity index (χ0n) is 8.38. The van der Waals surface area contributed by atoms with E-state index in [1.54, 1.807) is 10.6 Å². The molecule has 0 saturated heterocycles. The third-order valence-electron chi connectivity index (χ3n) is 2.09. The molecule has 0 saturated carbocycles. The first-order valence-electron chi connectivity index (χ1n) is 4.52. The lowest BCUT2D eigenvalue weighted by Gasteiger charge is -2.05. The van der Waals surface area contributed by atoms with Crippen LogP contribution in [0.3, 0.4) is 0 Å². The lowest BCUT2D eigenvalue weighted by molar-refractivity contribution is 0.976. The van der Waals surface area contributed by atoms with Crippen molar-refractivity contribution in [3.63, 3.8) is 0 Å². The van der Waals surface area contributed by atoms with Gasteiger partial charge in [-0.3, -0.25) is 9.36 Å². The van der Waals surface area contributed by atoms with Crippen molar-refractivity contribution in [3.05, 3.63) is 64.6 Å². The van der Waals surface area contributed by atoms with Gasteiger partial charge in [0, 0.05) is 18.0 Å². The summed E-state index contributed by atoms with van der Waals surface area (Å²) in [5.74, 6) is 0. The Morgan fingerprint density at radius 2 is 1.67 bits per heavy atom. The molecule has 2 rings (SSSR count). The second-order valence-electron chi connectivity index (χ2n) is 3.25. The molecule has 0 amide bonds. The van der Waals surface area contributed by atoms with Gasteiger partial charge < -0.3 is 0 Å². The fourth-order valence-corrected chi connectivity index (χ4v) is 1.38. The molecule has 1 heterocycles. The summed E-state index contributed by atoms with van der Waals surface area (Å²) in [7, 11) is 0. The van der Waals surface area contributed by atoms with Gasteiger partial charge in [-0.05, 0) is 24.6 Å². The standard InChI is InChI=1S/C12H11NO.ClH/c1-10-7-8-12(14)13(9-10)11-5-3-2-4-6-11;/h2-9H,1H3;1H. The van der Waals surface area contributed by atoms with Gasteiger partial charge in [0.1, 0.15) is 0 Å². The summed E-state index contributed by atoms with van der Waals surface area (Å²) in [6, 6.07) is 13.0. The molecular weight excluding hydrogens is 210 g/mol. The fraction of sp³-hybridized carbons (Fsp3) is 0.0833. The number of hydrogen-bond donors (Lipinski definition) is 0. The molecule has 2 aromatic rings. The Morgan fingerprint density at radius 3 is 2.33 bits per heavy atom. The Morgan fingerprint density at radius 1 is 1.00 bits per heavy atom. The Hall–Kier alpha value is -1.54. The van der Waals surface area contributed by atoms with Crippen LogP contribution in [0.4, 0.5) is 0 Å². The molecule has 0 fully saturated rings. The summed E-state index contributed by atoms with van der Waals surface area (Å²) in [5, 5.41) is 0. The highest BCUT2D eigenvalue weighted by atomic mass is 35.5. The van der Waals surface area contributed by atoms with Crippen LogP contribution >= 0.6 is 12.4 Å². The number of para-hydroxylation sites is 1. The average Bonchev–Trinajstić information content (AvgIpc) is 2.23. The van der Waals surface area contributed by atoms with E-state index in [-0.39, 0.29) is 18.0 Å². The number of benzene rings is 1. The largest absolute Gasteiger partial charge is 0.284 e. The van der Waals surface area contributed by atoms with Gasteiger partial charge in [-0.1, -0.05) is 24.3 Å². The number of aromatic nitrogens is 1. The first kappa shape index (κ1) is 11.5. The normalized spacial score (nSPS) is 9.40. The predicted molar refractivity (Wildman–Crippen MR) is 64.0 cm³/mol. The molecule has 0 aliphatic heterocycles. The van der Waals surface area contributed by atoms with Crippen LogP contribution in [0.2, 0.25) is 0 Å². The number of nitrogens with zero attached hydrogens (tertiary/aromatic N) is 1. The van der Waals surface area contributed by atoms with Gasteiger partial charge in [0.25, 0.3) is 5.56 Å². The smallest absolute Gasteiger partial charge is 0.255 e. The van der Waals surface area contributed by atoms with Gasteiger partial charge in [-0.2, -0.15) is 0 Å². The summed E-state index contributed by atoms with van der Waals surface area (Å²) in [6.45, 7) is 1.97. The summed E-state index contributed by atoms with van der Waals surface area (Å²) >= 11 is 0. The molecule has 78 valence electrons. The molecule has 1 aromatic heterocycles. The topological polar surface area (TPSA) is 22.0 Å². The van der Waals surface area contributed by atoms with Gasteiger partial charge in [0.05, 0.1) is 0 Å². The van der Waals surface area contributed by atoms with E-state index in [4.69, 9.17) is 0 Å². The van der Waals surface area contributed by atoms with Crippen LogP contribution in [0.5, 0.6) is 0 Å². The third kappa shape index (κ3) is 2.48. The molecule has 3 heteroatoms. The SMILES string of the molecule is Cc1ccc(=O)n(-c2ccccc2)c1.Cl. The van der Waals surface area contributed by atoms with Crippen LogP contribution in [0.25, 0.3) is 5.69 Å². The maximum Gasteiger partial charge on any atom is 0.255 e. The molecule has 0 spiro atoms. The van der Waals surface area contributed by atoms with E-state index >= 15 is 0 Å². The molecule has 2 nitrogen and oxygen atoms in total. The summed E-state index contributed by atoms with van der Waals surface area (Å²) in [4.78, 5) is 11.5. The van der Waals surface area contributed by atoms with E-state index in [0.717, 1.165) is 11.3 Å². The highest BCUT2D eigenvalue weighted by Crippen LogP contribution is 2.04. The van der Waals surface area contributed by atoms with Crippen LogP contribution in [0, 0.1) is 6.92 Å². The van der Waals surface area contributed by atoms with Crippen molar-refractivity contribution in [2.45, 2.75) is 6.92 Å². The predicted octanol–water partition coefficient (Wildman–Crippen LogP) is 2.57. The Balaban J connectivity index is 0.00000112. The lowest BCUT2D eigenvalue weighted by Crippen LogP contribution is -2.16. The monoisotopic (exact) mass is 221 g/mol. The van der Waals surface area contributed by atoms with Crippen molar-refractivity contribution >= 4 is 12.4 Å². The van der Waals surface area contributed by atoms with Gasteiger partial charge in [0.15, 0.2) is 0 Å². The minimum Gasteiger partial charge on any atom is -0.284 e. The van der Waals surface area contributed by atoms with Crippen LogP contribution in [0.1, 0.15) is 5.56 Å². The maximum absolute atomic E-state index is 11.5. The second kappa shape index (κ2) is 4.80. The van der Waals surface area contributed by atoms with E-state index in [1.807, 2.05) is 49.5 Å². The molecule has 0 aliphatic rings. The Bertz CT molecular complexity index is 490. The molecular formula is C12H12ClNO. The first-order chi connectivity index (χ1) is 6.77. The zero-order valence-corrected chi connectivity index (χ0v) is 9.20. The highest BCUT2D eigenvalue weighted by molar-refractivity contribution is 5.85. The molecule has 0 atom stereocenters. The number of rotatable bonds is 1. The van der Waals surface area contributed by atoms with Gasteiger partial charge in [0.2, 0.25) is 0 Å². The average molecular weight is 222 g/mol. The fourth-order valence-electron chi connectivity index (χ4n) is 1.38. The van der Waals surface area contributed by atoms with E-state index < -0.39 is 0 Å². The minimum absolute atomic E-state index is 0. The molecule has 1 aromatic carbocycles. The number of pyridine rings is 1. The summed E-state index contributed by atoms with van der Waals surface area (Å²) in [6.07, 6.45) is 1.84. The van der Waals surface area contributed by atoms with Crippen molar-refractivity contribution in [3.8, 4) is 5.69 Å². The van der Waals surface area contributed by atoms with Crippen molar-refractivity contribution in [1.82, 2.24) is 4.57 Å². The molecule has 0 radical (unpaired) electrons. The van der Waals surface area contributed by atoms with Gasteiger partial charge in [-0.15, -0.1) is 12.4 Å².